The molecule has 1 aromatic rings. The van der Waals surface area contributed by atoms with E-state index < -0.39 is 17.6 Å². The molecular formula is C15H16F2O2. The van der Waals surface area contributed by atoms with E-state index in [4.69, 9.17) is 4.74 Å². The molecule has 2 nitrogen and oxygen atoms in total. The van der Waals surface area contributed by atoms with Crippen LogP contribution in [0.3, 0.4) is 0 Å². The zero-order valence-corrected chi connectivity index (χ0v) is 10.6. The molecule has 0 heterocycles. The maximum absolute atomic E-state index is 13.2. The Kier molecular flexibility index (Phi) is 4.30. The number of rotatable bonds is 3. The molecule has 2 atom stereocenters. The first-order chi connectivity index (χ1) is 9.10. The Morgan fingerprint density at radius 2 is 2.11 bits per heavy atom. The Labute approximate surface area is 111 Å². The third-order valence-electron chi connectivity index (χ3n) is 3.49. The van der Waals surface area contributed by atoms with Crippen LogP contribution in [0.5, 0.6) is 0 Å². The minimum absolute atomic E-state index is 0.103. The van der Waals surface area contributed by atoms with Gasteiger partial charge >= 0.3 is 5.97 Å². The lowest BCUT2D eigenvalue weighted by Gasteiger charge is -2.29. The fourth-order valence-corrected chi connectivity index (χ4v) is 2.53. The van der Waals surface area contributed by atoms with Gasteiger partial charge in [0, 0.05) is 6.08 Å². The predicted octanol–water partition coefficient (Wildman–Crippen LogP) is 3.72. The van der Waals surface area contributed by atoms with Crippen LogP contribution < -0.4 is 0 Å². The molecule has 1 saturated carbocycles. The molecule has 0 aliphatic heterocycles. The molecule has 19 heavy (non-hydrogen) atoms. The molecule has 0 radical (unpaired) electrons. The van der Waals surface area contributed by atoms with Crippen molar-refractivity contribution in [2.45, 2.75) is 37.7 Å². The first-order valence-corrected chi connectivity index (χ1v) is 6.38. The van der Waals surface area contributed by atoms with E-state index in [1.54, 1.807) is 6.07 Å². The minimum Gasteiger partial charge on any atom is -0.459 e. The molecule has 2 rings (SSSR count). The summed E-state index contributed by atoms with van der Waals surface area (Å²) >= 11 is 0. The summed E-state index contributed by atoms with van der Waals surface area (Å²) in [6, 6.07) is 3.97. The van der Waals surface area contributed by atoms with Crippen LogP contribution in [0.15, 0.2) is 30.9 Å². The highest BCUT2D eigenvalue weighted by molar-refractivity contribution is 5.81. The molecule has 1 aliphatic carbocycles. The smallest absolute Gasteiger partial charge is 0.330 e. The number of carbonyl (C=O) groups is 1. The molecule has 0 spiro atoms. The molecule has 1 aliphatic rings. The van der Waals surface area contributed by atoms with Crippen molar-refractivity contribution in [2.75, 3.05) is 0 Å². The van der Waals surface area contributed by atoms with Crippen LogP contribution in [-0.2, 0) is 9.53 Å². The Hall–Kier alpha value is -1.71. The molecule has 0 bridgehead atoms. The lowest BCUT2D eigenvalue weighted by Crippen LogP contribution is -2.24. The number of carbonyl (C=O) groups excluding carboxylic acids is 1. The van der Waals surface area contributed by atoms with Gasteiger partial charge in [0.2, 0.25) is 0 Å². The van der Waals surface area contributed by atoms with E-state index in [0.29, 0.717) is 6.42 Å². The number of hydrogen-bond donors (Lipinski definition) is 0. The summed E-state index contributed by atoms with van der Waals surface area (Å²) in [4.78, 5) is 11.2. The number of esters is 1. The van der Waals surface area contributed by atoms with Crippen molar-refractivity contribution < 1.29 is 18.3 Å². The van der Waals surface area contributed by atoms with Gasteiger partial charge in [-0.25, -0.2) is 13.6 Å². The second-order valence-corrected chi connectivity index (χ2v) is 4.80. The van der Waals surface area contributed by atoms with Crippen LogP contribution in [0.4, 0.5) is 8.78 Å². The number of hydrogen-bond acceptors (Lipinski definition) is 2. The predicted molar refractivity (Wildman–Crippen MR) is 67.6 cm³/mol. The molecule has 1 fully saturated rings. The van der Waals surface area contributed by atoms with E-state index >= 15 is 0 Å². The van der Waals surface area contributed by atoms with Gasteiger partial charge in [-0.15, -0.1) is 0 Å². The molecule has 0 saturated heterocycles. The van der Waals surface area contributed by atoms with E-state index in [2.05, 4.69) is 6.58 Å². The molecule has 0 N–H and O–H groups in total. The fraction of sp³-hybridized carbons (Fsp3) is 0.400. The zero-order chi connectivity index (χ0) is 13.8. The monoisotopic (exact) mass is 266 g/mol. The quantitative estimate of drug-likeness (QED) is 0.615. The van der Waals surface area contributed by atoms with E-state index in [9.17, 15) is 13.6 Å². The normalized spacial score (nSPS) is 22.8. The largest absolute Gasteiger partial charge is 0.459 e. The zero-order valence-electron chi connectivity index (χ0n) is 10.6. The highest BCUT2D eigenvalue weighted by Crippen LogP contribution is 2.34. The first kappa shape index (κ1) is 13.7. The van der Waals surface area contributed by atoms with Crippen LogP contribution in [0.25, 0.3) is 0 Å². The Bertz CT molecular complexity index is 485. The van der Waals surface area contributed by atoms with Crippen LogP contribution in [0.2, 0.25) is 0 Å². The van der Waals surface area contributed by atoms with E-state index in [-0.39, 0.29) is 12.0 Å². The molecule has 4 heteroatoms. The van der Waals surface area contributed by atoms with Crippen molar-refractivity contribution in [3.8, 4) is 0 Å². The maximum atomic E-state index is 13.2. The van der Waals surface area contributed by atoms with Gasteiger partial charge in [0.05, 0.1) is 0 Å². The van der Waals surface area contributed by atoms with Gasteiger partial charge in [0.25, 0.3) is 0 Å². The van der Waals surface area contributed by atoms with Gasteiger partial charge in [-0.05, 0) is 49.3 Å². The van der Waals surface area contributed by atoms with Gasteiger partial charge in [-0.2, -0.15) is 0 Å². The fourth-order valence-electron chi connectivity index (χ4n) is 2.53. The Morgan fingerprint density at radius 1 is 1.32 bits per heavy atom. The standard InChI is InChI=1S/C15H16F2O2/c1-2-15(18)19-12-5-3-4-10(8-12)11-6-7-13(16)14(17)9-11/h2,6-7,9-10,12H,1,3-5,8H2. The summed E-state index contributed by atoms with van der Waals surface area (Å²) in [5.74, 6) is -2.00. The molecule has 2 unspecified atom stereocenters. The third-order valence-corrected chi connectivity index (χ3v) is 3.49. The highest BCUT2D eigenvalue weighted by Gasteiger charge is 2.25. The molecular weight excluding hydrogens is 250 g/mol. The van der Waals surface area contributed by atoms with E-state index in [1.807, 2.05) is 0 Å². The van der Waals surface area contributed by atoms with Crippen molar-refractivity contribution >= 4 is 5.97 Å². The summed E-state index contributed by atoms with van der Waals surface area (Å²) in [5.41, 5.74) is 0.762. The summed E-state index contributed by atoms with van der Waals surface area (Å²) in [6.45, 7) is 3.36. The topological polar surface area (TPSA) is 26.3 Å². The summed E-state index contributed by atoms with van der Waals surface area (Å²) in [7, 11) is 0. The highest BCUT2D eigenvalue weighted by atomic mass is 19.2. The summed E-state index contributed by atoms with van der Waals surface area (Å²) < 4.78 is 31.3. The molecule has 0 aromatic heterocycles. The van der Waals surface area contributed by atoms with E-state index in [0.717, 1.165) is 37.0 Å². The second kappa shape index (κ2) is 5.95. The molecule has 1 aromatic carbocycles. The van der Waals surface area contributed by atoms with Gasteiger partial charge in [0.1, 0.15) is 6.10 Å². The Morgan fingerprint density at radius 3 is 2.79 bits per heavy atom. The lowest BCUT2D eigenvalue weighted by molar-refractivity contribution is -0.144. The van der Waals surface area contributed by atoms with E-state index in [1.165, 1.54) is 6.07 Å². The van der Waals surface area contributed by atoms with Crippen molar-refractivity contribution in [3.05, 3.63) is 48.1 Å². The van der Waals surface area contributed by atoms with Gasteiger partial charge in [-0.1, -0.05) is 12.6 Å². The van der Waals surface area contributed by atoms with Crippen molar-refractivity contribution in [1.29, 1.82) is 0 Å². The van der Waals surface area contributed by atoms with Crippen LogP contribution in [-0.4, -0.2) is 12.1 Å². The second-order valence-electron chi connectivity index (χ2n) is 4.80. The van der Waals surface area contributed by atoms with Crippen LogP contribution >= 0.6 is 0 Å². The molecule has 102 valence electrons. The number of ether oxygens (including phenoxy) is 1. The van der Waals surface area contributed by atoms with Crippen molar-refractivity contribution in [1.82, 2.24) is 0 Å². The SMILES string of the molecule is C=CC(=O)OC1CCCC(c2ccc(F)c(F)c2)C1. The lowest BCUT2D eigenvalue weighted by atomic mass is 9.82. The number of halogens is 2. The van der Waals surface area contributed by atoms with Crippen molar-refractivity contribution in [3.63, 3.8) is 0 Å². The number of benzene rings is 1. The first-order valence-electron chi connectivity index (χ1n) is 6.38. The van der Waals surface area contributed by atoms with Crippen molar-refractivity contribution in [2.24, 2.45) is 0 Å². The minimum atomic E-state index is -0.839. The molecule has 0 amide bonds. The Balaban J connectivity index is 2.06. The average molecular weight is 266 g/mol. The van der Waals surface area contributed by atoms with Crippen LogP contribution in [0.1, 0.15) is 37.2 Å². The third kappa shape index (κ3) is 3.40. The maximum Gasteiger partial charge on any atom is 0.330 e. The van der Waals surface area contributed by atoms with Crippen LogP contribution in [0, 0.1) is 11.6 Å². The summed E-state index contributed by atoms with van der Waals surface area (Å²) in [6.07, 6.45) is 4.22. The van der Waals surface area contributed by atoms with Gasteiger partial charge < -0.3 is 4.74 Å². The van der Waals surface area contributed by atoms with Gasteiger partial charge in [-0.3, -0.25) is 0 Å². The summed E-state index contributed by atoms with van der Waals surface area (Å²) in [5, 5.41) is 0. The van der Waals surface area contributed by atoms with Gasteiger partial charge in [0.15, 0.2) is 11.6 Å². The average Bonchev–Trinajstić information content (AvgIpc) is 2.42.